The van der Waals surface area contributed by atoms with Crippen molar-refractivity contribution in [2.75, 3.05) is 6.54 Å². The molecular weight excluding hydrogens is 480 g/mol. The summed E-state index contributed by atoms with van der Waals surface area (Å²) in [6, 6.07) is 9.19. The van der Waals surface area contributed by atoms with Gasteiger partial charge in [-0.05, 0) is 37.1 Å². The molecular formula is C28H28N8O2. The lowest BCUT2D eigenvalue weighted by atomic mass is 10.1. The molecule has 0 radical (unpaired) electrons. The first-order chi connectivity index (χ1) is 18.5. The summed E-state index contributed by atoms with van der Waals surface area (Å²) in [4.78, 5) is 28.4. The standard InChI is InChI=1S/C28H28N8O2/c1-2-25(37)35-14-3-4-21(35)27-34-26(22-16-23(30)31-13-15-36(22)27)19-6-8-20(9-7-19)28(38)33-24-10-5-18(17-29)11-12-32-24/h2,5-9,11-13,15,21,25,37H,1,3-4,10,14,16H2,(H2,30,31)(H,32,33,38)/t21-,25?/m0/s1. The summed E-state index contributed by atoms with van der Waals surface area (Å²) >= 11 is 0. The van der Waals surface area contributed by atoms with Crippen LogP contribution in [-0.4, -0.2) is 49.9 Å². The summed E-state index contributed by atoms with van der Waals surface area (Å²) in [7, 11) is 0. The largest absolute Gasteiger partial charge is 0.387 e. The average molecular weight is 509 g/mol. The molecule has 1 aromatic heterocycles. The van der Waals surface area contributed by atoms with Gasteiger partial charge in [0.1, 0.15) is 23.7 Å². The molecule has 1 aromatic carbocycles. The third kappa shape index (κ3) is 4.98. The number of aliphatic hydroxyl groups excluding tert-OH is 1. The highest BCUT2D eigenvalue weighted by molar-refractivity contribution is 6.07. The molecule has 0 aliphatic carbocycles. The van der Waals surface area contributed by atoms with Crippen LogP contribution >= 0.6 is 0 Å². The van der Waals surface area contributed by atoms with Gasteiger partial charge in [0.2, 0.25) is 0 Å². The number of imidazole rings is 1. The van der Waals surface area contributed by atoms with Crippen molar-refractivity contribution >= 4 is 23.8 Å². The van der Waals surface area contributed by atoms with Crippen LogP contribution < -0.4 is 11.1 Å². The highest BCUT2D eigenvalue weighted by atomic mass is 16.3. The fourth-order valence-corrected chi connectivity index (χ4v) is 4.90. The molecule has 4 N–H and O–H groups in total. The molecule has 10 nitrogen and oxygen atoms in total. The fraction of sp³-hybridized carbons (Fsp3) is 0.250. The Hall–Kier alpha value is -4.59. The number of nitrogens with zero attached hydrogens (tertiary/aromatic N) is 6. The lowest BCUT2D eigenvalue weighted by Crippen LogP contribution is -2.34. The maximum atomic E-state index is 12.9. The number of nitrogens with one attached hydrogen (secondary N) is 1. The summed E-state index contributed by atoms with van der Waals surface area (Å²) < 4.78 is 2.01. The number of aliphatic hydroxyl groups is 1. The molecule has 4 heterocycles. The number of nitriles is 1. The zero-order chi connectivity index (χ0) is 26.6. The van der Waals surface area contributed by atoms with Crippen LogP contribution in [-0.2, 0) is 6.42 Å². The second kappa shape index (κ2) is 10.8. The molecule has 0 bridgehead atoms. The van der Waals surface area contributed by atoms with Gasteiger partial charge in [0.05, 0.1) is 23.5 Å². The maximum absolute atomic E-state index is 12.9. The number of likely N-dealkylation sites (tertiary alicyclic amines) is 1. The van der Waals surface area contributed by atoms with Crippen molar-refractivity contribution < 1.29 is 9.90 Å². The Bertz CT molecular complexity index is 1450. The number of aromatic nitrogens is 2. The van der Waals surface area contributed by atoms with Gasteiger partial charge in [-0.15, -0.1) is 0 Å². The van der Waals surface area contributed by atoms with E-state index >= 15 is 0 Å². The molecule has 1 fully saturated rings. The molecule has 1 saturated heterocycles. The number of benzene rings is 1. The Morgan fingerprint density at radius 2 is 2.11 bits per heavy atom. The number of amides is 1. The second-order valence-corrected chi connectivity index (χ2v) is 9.17. The van der Waals surface area contributed by atoms with Crippen molar-refractivity contribution in [1.29, 1.82) is 5.26 Å². The Balaban J connectivity index is 1.43. The molecule has 3 aliphatic heterocycles. The van der Waals surface area contributed by atoms with Crippen molar-refractivity contribution in [2.24, 2.45) is 15.7 Å². The van der Waals surface area contributed by atoms with E-state index in [9.17, 15) is 9.90 Å². The third-order valence-corrected chi connectivity index (χ3v) is 6.79. The molecule has 192 valence electrons. The van der Waals surface area contributed by atoms with Crippen molar-refractivity contribution in [3.05, 3.63) is 84.1 Å². The van der Waals surface area contributed by atoms with Crippen LogP contribution in [0.3, 0.4) is 0 Å². The molecule has 2 aromatic rings. The van der Waals surface area contributed by atoms with E-state index < -0.39 is 6.23 Å². The molecule has 5 rings (SSSR count). The predicted octanol–water partition coefficient (Wildman–Crippen LogP) is 3.03. The number of carbonyl (C=O) groups is 1. The first-order valence-corrected chi connectivity index (χ1v) is 12.4. The van der Waals surface area contributed by atoms with E-state index in [1.54, 1.807) is 30.5 Å². The van der Waals surface area contributed by atoms with E-state index in [4.69, 9.17) is 16.0 Å². The van der Waals surface area contributed by atoms with Gasteiger partial charge in [-0.3, -0.25) is 9.69 Å². The highest BCUT2D eigenvalue weighted by Crippen LogP contribution is 2.37. The van der Waals surface area contributed by atoms with E-state index in [0.29, 0.717) is 35.6 Å². The van der Waals surface area contributed by atoms with Gasteiger partial charge in [-0.2, -0.15) is 5.26 Å². The topological polar surface area (TPSA) is 145 Å². The molecule has 38 heavy (non-hydrogen) atoms. The van der Waals surface area contributed by atoms with Crippen molar-refractivity contribution in [3.8, 4) is 17.3 Å². The van der Waals surface area contributed by atoms with Crippen molar-refractivity contribution in [2.45, 2.75) is 38.0 Å². The Morgan fingerprint density at radius 1 is 1.29 bits per heavy atom. The summed E-state index contributed by atoms with van der Waals surface area (Å²) in [5.41, 5.74) is 9.60. The smallest absolute Gasteiger partial charge is 0.256 e. The number of rotatable bonds is 5. The predicted molar refractivity (Wildman–Crippen MR) is 146 cm³/mol. The number of carbonyl (C=O) groups excluding carboxylic acids is 1. The van der Waals surface area contributed by atoms with Crippen LogP contribution in [0.1, 0.15) is 47.2 Å². The Morgan fingerprint density at radius 3 is 2.87 bits per heavy atom. The number of amidine groups is 2. The number of hydrogen-bond acceptors (Lipinski definition) is 8. The average Bonchev–Trinajstić information content (AvgIpc) is 3.40. The summed E-state index contributed by atoms with van der Waals surface area (Å²) in [6.07, 6.45) is 11.7. The Kier molecular flexibility index (Phi) is 7.13. The minimum absolute atomic E-state index is 0.0884. The number of aliphatic imine (C=N–C) groups is 2. The Labute approximate surface area is 220 Å². The van der Waals surface area contributed by atoms with Gasteiger partial charge in [0.15, 0.2) is 0 Å². The monoisotopic (exact) mass is 508 g/mol. The quantitative estimate of drug-likeness (QED) is 0.530. The zero-order valence-corrected chi connectivity index (χ0v) is 20.8. The van der Waals surface area contributed by atoms with Crippen molar-refractivity contribution in [3.63, 3.8) is 0 Å². The van der Waals surface area contributed by atoms with Crippen LogP contribution in [0.15, 0.2) is 77.0 Å². The number of hydrogen-bond donors (Lipinski definition) is 3. The summed E-state index contributed by atoms with van der Waals surface area (Å²) in [5, 5.41) is 22.4. The van der Waals surface area contributed by atoms with E-state index in [2.05, 4.69) is 27.9 Å². The first-order valence-electron chi connectivity index (χ1n) is 12.4. The van der Waals surface area contributed by atoms with E-state index in [0.717, 1.165) is 42.2 Å². The molecule has 0 spiro atoms. The summed E-state index contributed by atoms with van der Waals surface area (Å²) in [6.45, 7) is 4.49. The molecule has 1 unspecified atom stereocenters. The van der Waals surface area contributed by atoms with Crippen LogP contribution in [0.4, 0.5) is 0 Å². The maximum Gasteiger partial charge on any atom is 0.256 e. The van der Waals surface area contributed by atoms with Gasteiger partial charge in [0.25, 0.3) is 5.91 Å². The number of allylic oxidation sites excluding steroid dienone is 2. The minimum atomic E-state index is -0.761. The van der Waals surface area contributed by atoms with E-state index in [1.807, 2.05) is 27.8 Å². The molecule has 1 amide bonds. The van der Waals surface area contributed by atoms with Gasteiger partial charge in [-0.1, -0.05) is 24.8 Å². The molecule has 2 atom stereocenters. The number of fused-ring (bicyclic) bond motifs is 1. The van der Waals surface area contributed by atoms with Crippen LogP contribution in [0.5, 0.6) is 0 Å². The lowest BCUT2D eigenvalue weighted by Gasteiger charge is -2.27. The molecule has 10 heteroatoms. The SMILES string of the molecule is C=CC(O)N1CCC[C@H]1c1nc(-c2ccc(C(=O)NC3=NC=CC(C#N)=CC3)cc2)c2n1C=CN=C(N)C2. The van der Waals surface area contributed by atoms with Crippen LogP contribution in [0, 0.1) is 11.3 Å². The second-order valence-electron chi connectivity index (χ2n) is 9.17. The lowest BCUT2D eigenvalue weighted by molar-refractivity contribution is 0.0293. The fourth-order valence-electron chi connectivity index (χ4n) is 4.90. The first kappa shape index (κ1) is 25.1. The van der Waals surface area contributed by atoms with E-state index in [1.165, 1.54) is 12.3 Å². The number of nitrogens with two attached hydrogens (primary N) is 1. The zero-order valence-electron chi connectivity index (χ0n) is 20.8. The van der Waals surface area contributed by atoms with Gasteiger partial charge < -0.3 is 20.7 Å². The van der Waals surface area contributed by atoms with Gasteiger partial charge in [0, 0.05) is 54.7 Å². The molecule has 0 saturated carbocycles. The van der Waals surface area contributed by atoms with E-state index in [-0.39, 0.29) is 11.9 Å². The normalized spacial score (nSPS) is 19.8. The minimum Gasteiger partial charge on any atom is -0.387 e. The van der Waals surface area contributed by atoms with Crippen LogP contribution in [0.2, 0.25) is 0 Å². The van der Waals surface area contributed by atoms with Gasteiger partial charge in [-0.25, -0.2) is 15.0 Å². The van der Waals surface area contributed by atoms with Crippen LogP contribution in [0.25, 0.3) is 17.5 Å². The third-order valence-electron chi connectivity index (χ3n) is 6.79. The summed E-state index contributed by atoms with van der Waals surface area (Å²) in [5.74, 6) is 1.46. The van der Waals surface area contributed by atoms with Gasteiger partial charge >= 0.3 is 0 Å². The highest BCUT2D eigenvalue weighted by Gasteiger charge is 2.34. The van der Waals surface area contributed by atoms with Crippen molar-refractivity contribution in [1.82, 2.24) is 19.8 Å². The molecule has 3 aliphatic rings.